The van der Waals surface area contributed by atoms with Crippen LogP contribution in [0.5, 0.6) is 0 Å². The van der Waals surface area contributed by atoms with E-state index in [0.717, 1.165) is 12.2 Å². The molecule has 108 valence electrons. The van der Waals surface area contributed by atoms with Gasteiger partial charge >= 0.3 is 0 Å². The lowest BCUT2D eigenvalue weighted by Crippen LogP contribution is -2.22. The van der Waals surface area contributed by atoms with Crippen LogP contribution in [0.25, 0.3) is 11.1 Å². The summed E-state index contributed by atoms with van der Waals surface area (Å²) < 4.78 is 1.96. The fourth-order valence-electron chi connectivity index (χ4n) is 2.55. The minimum Gasteiger partial charge on any atom is -0.310 e. The van der Waals surface area contributed by atoms with Gasteiger partial charge in [-0.3, -0.25) is 4.68 Å². The molecule has 0 atom stereocenters. The van der Waals surface area contributed by atoms with E-state index in [9.17, 15) is 0 Å². The first-order valence-corrected chi connectivity index (χ1v) is 7.23. The third-order valence-electron chi connectivity index (χ3n) is 3.74. The Morgan fingerprint density at radius 2 is 1.90 bits per heavy atom. The number of benzene rings is 1. The molecule has 0 radical (unpaired) electrons. The van der Waals surface area contributed by atoms with E-state index in [1.165, 1.54) is 27.9 Å². The Bertz CT molecular complexity index is 609. The lowest BCUT2D eigenvalue weighted by Gasteiger charge is -2.14. The Labute approximate surface area is 122 Å². The van der Waals surface area contributed by atoms with Gasteiger partial charge in [0.25, 0.3) is 0 Å². The molecule has 0 aliphatic carbocycles. The van der Waals surface area contributed by atoms with Gasteiger partial charge in [-0.2, -0.15) is 5.10 Å². The van der Waals surface area contributed by atoms with E-state index in [1.807, 2.05) is 11.7 Å². The third-order valence-corrected chi connectivity index (χ3v) is 3.74. The Kier molecular flexibility index (Phi) is 4.29. The minimum atomic E-state index is 0.486. The predicted molar refractivity (Wildman–Crippen MR) is 84.8 cm³/mol. The first-order chi connectivity index (χ1) is 9.40. The smallest absolute Gasteiger partial charge is 0.0674 e. The highest BCUT2D eigenvalue weighted by molar-refractivity contribution is 5.72. The molecule has 0 bridgehead atoms. The van der Waals surface area contributed by atoms with Gasteiger partial charge in [-0.25, -0.2) is 0 Å². The Morgan fingerprint density at radius 1 is 1.20 bits per heavy atom. The molecular weight excluding hydrogens is 246 g/mol. The molecule has 1 heterocycles. The number of nitrogens with one attached hydrogen (secondary N) is 1. The van der Waals surface area contributed by atoms with Crippen LogP contribution in [0.4, 0.5) is 0 Å². The number of nitrogens with zero attached hydrogens (tertiary/aromatic N) is 2. The van der Waals surface area contributed by atoms with Gasteiger partial charge in [-0.05, 0) is 31.9 Å². The second-order valence-electron chi connectivity index (χ2n) is 5.87. The molecule has 2 rings (SSSR count). The average molecular weight is 271 g/mol. The molecule has 0 aliphatic rings. The summed E-state index contributed by atoms with van der Waals surface area (Å²) in [7, 11) is 2.01. The minimum absolute atomic E-state index is 0.486. The zero-order valence-corrected chi connectivity index (χ0v) is 13.4. The van der Waals surface area contributed by atoms with E-state index < -0.39 is 0 Å². The monoisotopic (exact) mass is 271 g/mol. The van der Waals surface area contributed by atoms with Crippen molar-refractivity contribution in [2.75, 3.05) is 0 Å². The fraction of sp³-hybridized carbons (Fsp3) is 0.471. The fourth-order valence-corrected chi connectivity index (χ4v) is 2.55. The van der Waals surface area contributed by atoms with Gasteiger partial charge in [0.1, 0.15) is 0 Å². The molecule has 3 nitrogen and oxygen atoms in total. The Balaban J connectivity index is 2.51. The topological polar surface area (TPSA) is 29.9 Å². The van der Waals surface area contributed by atoms with Crippen LogP contribution >= 0.6 is 0 Å². The summed E-state index contributed by atoms with van der Waals surface area (Å²) in [5.41, 5.74) is 7.53. The summed E-state index contributed by atoms with van der Waals surface area (Å²) in [6, 6.07) is 7.17. The van der Waals surface area contributed by atoms with Gasteiger partial charge in [0, 0.05) is 30.9 Å². The summed E-state index contributed by atoms with van der Waals surface area (Å²) >= 11 is 0. The molecule has 0 saturated carbocycles. The van der Waals surface area contributed by atoms with Gasteiger partial charge in [-0.15, -0.1) is 0 Å². The first-order valence-electron chi connectivity index (χ1n) is 7.23. The quantitative estimate of drug-likeness (QED) is 0.922. The highest BCUT2D eigenvalue weighted by Gasteiger charge is 2.15. The van der Waals surface area contributed by atoms with E-state index in [1.54, 1.807) is 0 Å². The van der Waals surface area contributed by atoms with Crippen molar-refractivity contribution >= 4 is 0 Å². The number of aryl methyl sites for hydroxylation is 3. The van der Waals surface area contributed by atoms with Crippen molar-refractivity contribution in [1.29, 1.82) is 0 Å². The summed E-state index contributed by atoms with van der Waals surface area (Å²) in [4.78, 5) is 0. The molecule has 1 N–H and O–H groups in total. The maximum absolute atomic E-state index is 4.55. The second-order valence-corrected chi connectivity index (χ2v) is 5.87. The van der Waals surface area contributed by atoms with Crippen LogP contribution in [0.2, 0.25) is 0 Å². The van der Waals surface area contributed by atoms with Crippen LogP contribution < -0.4 is 5.32 Å². The van der Waals surface area contributed by atoms with Crippen LogP contribution in [-0.4, -0.2) is 15.8 Å². The summed E-state index contributed by atoms with van der Waals surface area (Å²) in [6.07, 6.45) is 0. The van der Waals surface area contributed by atoms with Crippen LogP contribution in [-0.2, 0) is 13.6 Å². The predicted octanol–water partition coefficient (Wildman–Crippen LogP) is 3.51. The van der Waals surface area contributed by atoms with Crippen molar-refractivity contribution in [3.8, 4) is 11.1 Å². The maximum Gasteiger partial charge on any atom is 0.0674 e. The van der Waals surface area contributed by atoms with Crippen molar-refractivity contribution in [3.63, 3.8) is 0 Å². The molecular formula is C17H25N3. The lowest BCUT2D eigenvalue weighted by molar-refractivity contribution is 0.589. The highest BCUT2D eigenvalue weighted by Crippen LogP contribution is 2.30. The Morgan fingerprint density at radius 3 is 2.45 bits per heavy atom. The van der Waals surface area contributed by atoms with Crippen LogP contribution in [0, 0.1) is 20.8 Å². The molecule has 0 saturated heterocycles. The van der Waals surface area contributed by atoms with Gasteiger partial charge in [-0.1, -0.05) is 37.6 Å². The van der Waals surface area contributed by atoms with Crippen LogP contribution in [0.1, 0.15) is 36.4 Å². The number of hydrogen-bond acceptors (Lipinski definition) is 2. The number of hydrogen-bond donors (Lipinski definition) is 1. The SMILES string of the molecule is Cc1ccc(CNC(C)C)c(-c2c(C)nn(C)c2C)c1. The van der Waals surface area contributed by atoms with E-state index in [-0.39, 0.29) is 0 Å². The van der Waals surface area contributed by atoms with Gasteiger partial charge in [0.05, 0.1) is 5.69 Å². The molecule has 0 amide bonds. The highest BCUT2D eigenvalue weighted by atomic mass is 15.3. The standard InChI is InChI=1S/C17H25N3/c1-11(2)18-10-15-8-7-12(3)9-16(15)17-13(4)19-20(6)14(17)5/h7-9,11,18H,10H2,1-6H3. The number of aromatic nitrogens is 2. The summed E-state index contributed by atoms with van der Waals surface area (Å²) in [5, 5.41) is 8.06. The molecule has 20 heavy (non-hydrogen) atoms. The zero-order valence-electron chi connectivity index (χ0n) is 13.4. The first kappa shape index (κ1) is 14.8. The molecule has 3 heteroatoms. The second kappa shape index (κ2) is 5.80. The van der Waals surface area contributed by atoms with Crippen LogP contribution in [0.3, 0.4) is 0 Å². The summed E-state index contributed by atoms with van der Waals surface area (Å²) in [5.74, 6) is 0. The van der Waals surface area contributed by atoms with Crippen LogP contribution in [0.15, 0.2) is 18.2 Å². The van der Waals surface area contributed by atoms with Crippen molar-refractivity contribution in [2.24, 2.45) is 7.05 Å². The molecule has 2 aromatic rings. The van der Waals surface area contributed by atoms with E-state index in [0.29, 0.717) is 6.04 Å². The molecule has 0 spiro atoms. The molecule has 1 aromatic heterocycles. The van der Waals surface area contributed by atoms with Crippen molar-refractivity contribution < 1.29 is 0 Å². The average Bonchev–Trinajstić information content (AvgIpc) is 2.61. The normalized spacial score (nSPS) is 11.3. The largest absolute Gasteiger partial charge is 0.310 e. The van der Waals surface area contributed by atoms with Crippen molar-refractivity contribution in [2.45, 2.75) is 47.2 Å². The molecule has 0 unspecified atom stereocenters. The lowest BCUT2D eigenvalue weighted by atomic mass is 9.96. The van der Waals surface area contributed by atoms with Crippen molar-refractivity contribution in [3.05, 3.63) is 40.7 Å². The van der Waals surface area contributed by atoms with Gasteiger partial charge in [0.15, 0.2) is 0 Å². The van der Waals surface area contributed by atoms with E-state index >= 15 is 0 Å². The third kappa shape index (κ3) is 2.93. The zero-order chi connectivity index (χ0) is 14.9. The maximum atomic E-state index is 4.55. The van der Waals surface area contributed by atoms with Gasteiger partial charge in [0.2, 0.25) is 0 Å². The van der Waals surface area contributed by atoms with Gasteiger partial charge < -0.3 is 5.32 Å². The van der Waals surface area contributed by atoms with E-state index in [4.69, 9.17) is 0 Å². The number of rotatable bonds is 4. The molecule has 0 aliphatic heterocycles. The molecule has 1 aromatic carbocycles. The van der Waals surface area contributed by atoms with E-state index in [2.05, 4.69) is 63.2 Å². The summed E-state index contributed by atoms with van der Waals surface area (Å²) in [6.45, 7) is 11.6. The van der Waals surface area contributed by atoms with Crippen molar-refractivity contribution in [1.82, 2.24) is 15.1 Å². The Hall–Kier alpha value is -1.61. The molecule has 0 fully saturated rings.